The highest BCUT2D eigenvalue weighted by atomic mass is 32.2. The second kappa shape index (κ2) is 9.41. The summed E-state index contributed by atoms with van der Waals surface area (Å²) in [6, 6.07) is 4.41. The Morgan fingerprint density at radius 2 is 1.47 bits per heavy atom. The van der Waals surface area contributed by atoms with Gasteiger partial charge in [0, 0.05) is 24.3 Å². The average Bonchev–Trinajstić information content (AvgIpc) is 2.70. The van der Waals surface area contributed by atoms with E-state index in [-0.39, 0.29) is 6.61 Å². The van der Waals surface area contributed by atoms with Gasteiger partial charge in [-0.25, -0.2) is 0 Å². The van der Waals surface area contributed by atoms with E-state index < -0.39 is 73.8 Å². The van der Waals surface area contributed by atoms with Crippen LogP contribution in [-0.2, 0) is 24.4 Å². The number of nitro groups is 2. The molecular formula is C18H19N3O11S2. The smallest absolute Gasteiger partial charge is 0.299 e. The number of amides is 1. The number of carbonyl (C=O) groups is 1. The molecule has 1 amide bonds. The summed E-state index contributed by atoms with van der Waals surface area (Å²) in [7, 11) is -9.75. The molecule has 0 saturated carbocycles. The Kier molecular flexibility index (Phi) is 7.41. The van der Waals surface area contributed by atoms with E-state index in [1.807, 2.05) is 0 Å². The predicted octanol–water partition coefficient (Wildman–Crippen LogP) is 2.75. The second-order valence-electron chi connectivity index (χ2n) is 8.08. The molecule has 0 aliphatic carbocycles. The molecule has 0 bridgehead atoms. The van der Waals surface area contributed by atoms with E-state index in [9.17, 15) is 46.4 Å². The third-order valence-corrected chi connectivity index (χ3v) is 6.24. The predicted molar refractivity (Wildman–Crippen MR) is 117 cm³/mol. The zero-order chi connectivity index (χ0) is 26.1. The van der Waals surface area contributed by atoms with Crippen LogP contribution in [0.2, 0.25) is 0 Å². The highest BCUT2D eigenvalue weighted by Crippen LogP contribution is 2.30. The minimum atomic E-state index is -5.11. The van der Waals surface area contributed by atoms with Crippen molar-refractivity contribution < 1.29 is 40.2 Å². The first-order chi connectivity index (χ1) is 15.4. The van der Waals surface area contributed by atoms with Crippen molar-refractivity contribution in [3.8, 4) is 0 Å². The van der Waals surface area contributed by atoms with E-state index >= 15 is 0 Å². The van der Waals surface area contributed by atoms with Gasteiger partial charge in [0.25, 0.3) is 37.5 Å². The van der Waals surface area contributed by atoms with Gasteiger partial charge in [0.2, 0.25) is 0 Å². The molecule has 0 aliphatic rings. The molecule has 2 N–H and O–H groups in total. The Morgan fingerprint density at radius 3 is 1.94 bits per heavy atom. The molecule has 16 heteroatoms. The minimum absolute atomic E-state index is 0.305. The van der Waals surface area contributed by atoms with Crippen molar-refractivity contribution in [2.75, 3.05) is 11.9 Å². The van der Waals surface area contributed by atoms with Crippen molar-refractivity contribution in [3.05, 3.63) is 62.2 Å². The minimum Gasteiger partial charge on any atom is -0.321 e. The molecule has 0 heterocycles. The molecule has 0 saturated heterocycles. The van der Waals surface area contributed by atoms with E-state index in [2.05, 4.69) is 5.32 Å². The van der Waals surface area contributed by atoms with Crippen molar-refractivity contribution >= 4 is 43.2 Å². The quantitative estimate of drug-likeness (QED) is 0.225. The summed E-state index contributed by atoms with van der Waals surface area (Å²) in [5, 5.41) is 24.1. The van der Waals surface area contributed by atoms with Crippen molar-refractivity contribution in [2.24, 2.45) is 5.41 Å². The molecule has 2 aromatic rings. The van der Waals surface area contributed by atoms with Crippen LogP contribution in [0.25, 0.3) is 0 Å². The molecule has 0 unspecified atom stereocenters. The van der Waals surface area contributed by atoms with Gasteiger partial charge < -0.3 is 5.32 Å². The van der Waals surface area contributed by atoms with Crippen LogP contribution in [0.5, 0.6) is 0 Å². The third kappa shape index (κ3) is 6.53. The topological polar surface area (TPSA) is 213 Å². The van der Waals surface area contributed by atoms with Crippen molar-refractivity contribution in [1.29, 1.82) is 0 Å². The van der Waals surface area contributed by atoms with Gasteiger partial charge in [0.1, 0.15) is 9.79 Å². The number of benzene rings is 2. The number of rotatable bonds is 8. The van der Waals surface area contributed by atoms with E-state index in [4.69, 9.17) is 4.18 Å². The van der Waals surface area contributed by atoms with E-state index in [1.165, 1.54) is 0 Å². The van der Waals surface area contributed by atoms with Gasteiger partial charge in [-0.05, 0) is 17.5 Å². The number of anilines is 1. The summed E-state index contributed by atoms with van der Waals surface area (Å²) in [5.74, 6) is -1.27. The van der Waals surface area contributed by atoms with Gasteiger partial charge in [-0.2, -0.15) is 16.8 Å². The van der Waals surface area contributed by atoms with Crippen LogP contribution >= 0.6 is 0 Å². The molecule has 0 fully saturated rings. The summed E-state index contributed by atoms with van der Waals surface area (Å²) in [6.45, 7) is 4.71. The van der Waals surface area contributed by atoms with Crippen LogP contribution in [0, 0.1) is 25.6 Å². The molecule has 0 radical (unpaired) electrons. The average molecular weight is 517 g/mol. The number of hydrogen-bond acceptors (Lipinski definition) is 10. The summed E-state index contributed by atoms with van der Waals surface area (Å²) in [5.41, 5.74) is -3.22. The SMILES string of the molecule is CC(C)(C)COS(=O)(=O)c1cc([N+](=O)[O-])ccc1NC(=O)c1ccc([N+](=O)[O-])cc1S(=O)(=O)O. The van der Waals surface area contributed by atoms with Crippen LogP contribution < -0.4 is 5.32 Å². The number of nitrogens with one attached hydrogen (secondary N) is 1. The summed E-state index contributed by atoms with van der Waals surface area (Å²) in [4.78, 5) is 31.1. The maximum atomic E-state index is 12.8. The lowest BCUT2D eigenvalue weighted by Crippen LogP contribution is -2.21. The molecule has 0 aliphatic heterocycles. The monoisotopic (exact) mass is 517 g/mol. The van der Waals surface area contributed by atoms with Crippen molar-refractivity contribution in [1.82, 2.24) is 0 Å². The van der Waals surface area contributed by atoms with Gasteiger partial charge in [0.15, 0.2) is 0 Å². The van der Waals surface area contributed by atoms with Crippen molar-refractivity contribution in [2.45, 2.75) is 30.6 Å². The Hall–Kier alpha value is -3.47. The van der Waals surface area contributed by atoms with Gasteiger partial charge in [-0.1, -0.05) is 20.8 Å². The van der Waals surface area contributed by atoms with Gasteiger partial charge >= 0.3 is 0 Å². The molecule has 14 nitrogen and oxygen atoms in total. The number of carbonyl (C=O) groups excluding carboxylic acids is 1. The van der Waals surface area contributed by atoms with Gasteiger partial charge in [-0.3, -0.25) is 33.8 Å². The molecular weight excluding hydrogens is 498 g/mol. The normalized spacial score (nSPS) is 12.2. The Balaban J connectivity index is 2.59. The fourth-order valence-electron chi connectivity index (χ4n) is 2.47. The molecule has 0 aromatic heterocycles. The highest BCUT2D eigenvalue weighted by Gasteiger charge is 2.29. The maximum absolute atomic E-state index is 12.8. The third-order valence-electron chi connectivity index (χ3n) is 4.04. The van der Waals surface area contributed by atoms with E-state index in [0.29, 0.717) is 12.1 Å². The molecule has 184 valence electrons. The zero-order valence-electron chi connectivity index (χ0n) is 17.9. The van der Waals surface area contributed by atoms with Crippen LogP contribution in [0.1, 0.15) is 31.1 Å². The number of nitro benzene ring substituents is 2. The number of hydrogen-bond donors (Lipinski definition) is 2. The Morgan fingerprint density at radius 1 is 0.971 bits per heavy atom. The fourth-order valence-corrected chi connectivity index (χ4v) is 4.47. The van der Waals surface area contributed by atoms with Crippen LogP contribution in [0.15, 0.2) is 46.2 Å². The molecule has 34 heavy (non-hydrogen) atoms. The number of non-ortho nitro benzene ring substituents is 2. The molecule has 2 rings (SSSR count). The molecule has 0 spiro atoms. The fraction of sp³-hybridized carbons (Fsp3) is 0.278. The summed E-state index contributed by atoms with van der Waals surface area (Å²) < 4.78 is 63.2. The Bertz CT molecular complexity index is 1380. The molecule has 0 atom stereocenters. The maximum Gasteiger partial charge on any atom is 0.299 e. The zero-order valence-corrected chi connectivity index (χ0v) is 19.5. The standard InChI is InChI=1S/C18H19N3O11S2/c1-18(2,3)10-32-34(30,31)16-9-12(21(25)26)5-7-14(16)19-17(22)13-6-4-11(20(23)24)8-15(13)33(27,28)29/h4-9H,10H2,1-3H3,(H,19,22)(H,27,28,29). The highest BCUT2D eigenvalue weighted by molar-refractivity contribution is 7.87. The Labute approximate surface area is 193 Å². The first-order valence-electron chi connectivity index (χ1n) is 9.17. The summed E-state index contributed by atoms with van der Waals surface area (Å²) in [6.07, 6.45) is 0. The van der Waals surface area contributed by atoms with E-state index in [1.54, 1.807) is 20.8 Å². The lowest BCUT2D eigenvalue weighted by molar-refractivity contribution is -0.385. The van der Waals surface area contributed by atoms with Crippen molar-refractivity contribution in [3.63, 3.8) is 0 Å². The number of nitrogens with zero attached hydrogens (tertiary/aromatic N) is 2. The van der Waals surface area contributed by atoms with Gasteiger partial charge in [0.05, 0.1) is 27.7 Å². The van der Waals surface area contributed by atoms with Crippen LogP contribution in [-0.4, -0.2) is 43.7 Å². The lowest BCUT2D eigenvalue weighted by atomic mass is 9.99. The van der Waals surface area contributed by atoms with E-state index in [0.717, 1.165) is 24.3 Å². The lowest BCUT2D eigenvalue weighted by Gasteiger charge is -2.18. The summed E-state index contributed by atoms with van der Waals surface area (Å²) >= 11 is 0. The largest absolute Gasteiger partial charge is 0.321 e. The van der Waals surface area contributed by atoms with Crippen LogP contribution in [0.3, 0.4) is 0 Å². The second-order valence-corrected chi connectivity index (χ2v) is 11.1. The first kappa shape index (κ1) is 26.8. The van der Waals surface area contributed by atoms with Gasteiger partial charge in [-0.15, -0.1) is 0 Å². The molecule has 2 aromatic carbocycles. The first-order valence-corrected chi connectivity index (χ1v) is 12.0. The van der Waals surface area contributed by atoms with Crippen LogP contribution in [0.4, 0.5) is 17.1 Å².